The number of imidazole rings is 1. The predicted molar refractivity (Wildman–Crippen MR) is 70.2 cm³/mol. The molecule has 2 N–H and O–H groups in total. The van der Waals surface area contributed by atoms with Gasteiger partial charge in [0, 0.05) is 22.2 Å². The lowest BCUT2D eigenvalue weighted by atomic mass is 10.1. The number of nitrogens with one attached hydrogen (secondary N) is 2. The molecule has 0 unspecified atom stereocenters. The zero-order valence-corrected chi connectivity index (χ0v) is 10.2. The average Bonchev–Trinajstić information content (AvgIpc) is 2.91. The van der Waals surface area contributed by atoms with E-state index in [2.05, 4.69) is 34.0 Å². The number of hydrogen-bond acceptors (Lipinski definition) is 1. The van der Waals surface area contributed by atoms with Crippen LogP contribution >= 0.6 is 11.6 Å². The van der Waals surface area contributed by atoms with E-state index in [1.807, 2.05) is 18.3 Å². The number of halogens is 1. The Bertz CT molecular complexity index is 666. The van der Waals surface area contributed by atoms with Gasteiger partial charge in [-0.2, -0.15) is 0 Å². The van der Waals surface area contributed by atoms with E-state index in [1.54, 1.807) is 0 Å². The van der Waals surface area contributed by atoms with Crippen molar-refractivity contribution in [3.63, 3.8) is 0 Å². The monoisotopic (exact) mass is 245 g/mol. The van der Waals surface area contributed by atoms with Crippen LogP contribution in [0.25, 0.3) is 22.2 Å². The van der Waals surface area contributed by atoms with Crippen LogP contribution in [-0.2, 0) is 5.88 Å². The van der Waals surface area contributed by atoms with Crippen LogP contribution in [0.2, 0.25) is 0 Å². The molecule has 0 bridgehead atoms. The van der Waals surface area contributed by atoms with E-state index < -0.39 is 0 Å². The van der Waals surface area contributed by atoms with Crippen LogP contribution in [0.5, 0.6) is 0 Å². The maximum Gasteiger partial charge on any atom is 0.121 e. The van der Waals surface area contributed by atoms with Gasteiger partial charge in [-0.3, -0.25) is 0 Å². The summed E-state index contributed by atoms with van der Waals surface area (Å²) in [4.78, 5) is 10.8. The second-order valence-electron chi connectivity index (χ2n) is 4.05. The molecule has 3 rings (SSSR count). The van der Waals surface area contributed by atoms with Crippen molar-refractivity contribution in [3.05, 3.63) is 42.0 Å². The number of hydrogen-bond donors (Lipinski definition) is 2. The largest absolute Gasteiger partial charge is 0.358 e. The number of aromatic amines is 2. The molecule has 0 amide bonds. The van der Waals surface area contributed by atoms with E-state index >= 15 is 0 Å². The van der Waals surface area contributed by atoms with Gasteiger partial charge < -0.3 is 9.97 Å². The second-order valence-corrected chi connectivity index (χ2v) is 4.32. The highest BCUT2D eigenvalue weighted by atomic mass is 35.5. The van der Waals surface area contributed by atoms with Crippen molar-refractivity contribution in [3.8, 4) is 11.3 Å². The Morgan fingerprint density at radius 2 is 2.06 bits per heavy atom. The molecule has 0 aliphatic heterocycles. The van der Waals surface area contributed by atoms with Gasteiger partial charge in [0.15, 0.2) is 0 Å². The third-order valence-corrected chi connectivity index (χ3v) is 3.17. The fourth-order valence-corrected chi connectivity index (χ4v) is 2.32. The Hall–Kier alpha value is -1.74. The highest BCUT2D eigenvalue weighted by Crippen LogP contribution is 2.30. The number of para-hydroxylation sites is 1. The van der Waals surface area contributed by atoms with Crippen molar-refractivity contribution in [1.82, 2.24) is 15.0 Å². The van der Waals surface area contributed by atoms with E-state index in [9.17, 15) is 0 Å². The summed E-state index contributed by atoms with van der Waals surface area (Å²) >= 11 is 5.76. The van der Waals surface area contributed by atoms with Crippen molar-refractivity contribution >= 4 is 22.5 Å². The minimum absolute atomic E-state index is 0.404. The normalized spacial score (nSPS) is 11.2. The first-order valence-corrected chi connectivity index (χ1v) is 6.00. The van der Waals surface area contributed by atoms with Crippen LogP contribution in [0.15, 0.2) is 30.5 Å². The minimum atomic E-state index is 0.404. The van der Waals surface area contributed by atoms with Crippen LogP contribution in [-0.4, -0.2) is 15.0 Å². The summed E-state index contributed by atoms with van der Waals surface area (Å²) in [5.74, 6) is 1.20. The smallest absolute Gasteiger partial charge is 0.121 e. The number of aryl methyl sites for hydroxylation is 1. The van der Waals surface area contributed by atoms with Gasteiger partial charge in [-0.05, 0) is 13.0 Å². The second kappa shape index (κ2) is 3.93. The summed E-state index contributed by atoms with van der Waals surface area (Å²) in [6.45, 7) is 2.07. The lowest BCUT2D eigenvalue weighted by Gasteiger charge is -1.97. The molecule has 0 atom stereocenters. The van der Waals surface area contributed by atoms with E-state index in [0.29, 0.717) is 5.88 Å². The number of nitrogens with zero attached hydrogens (tertiary/aromatic N) is 1. The van der Waals surface area contributed by atoms with Crippen molar-refractivity contribution in [2.24, 2.45) is 0 Å². The van der Waals surface area contributed by atoms with E-state index in [-0.39, 0.29) is 0 Å². The maximum atomic E-state index is 5.76. The van der Waals surface area contributed by atoms with Crippen molar-refractivity contribution in [1.29, 1.82) is 0 Å². The molecule has 2 aromatic heterocycles. The standard InChI is InChI=1S/C13H12ClN3/c1-8-13(11-7-15-12(6-14)17-11)9-4-2-3-5-10(9)16-8/h2-5,7,16H,6H2,1H3,(H,15,17). The lowest BCUT2D eigenvalue weighted by molar-refractivity contribution is 1.12. The number of H-pyrrole nitrogens is 2. The minimum Gasteiger partial charge on any atom is -0.358 e. The Balaban J connectivity index is 2.25. The number of aromatic nitrogens is 3. The summed E-state index contributed by atoms with van der Waals surface area (Å²) in [6.07, 6.45) is 1.83. The molecule has 1 aromatic carbocycles. The summed E-state index contributed by atoms with van der Waals surface area (Å²) < 4.78 is 0. The van der Waals surface area contributed by atoms with Crippen LogP contribution in [0.1, 0.15) is 11.5 Å². The molecular formula is C13H12ClN3. The molecule has 0 aliphatic carbocycles. The Labute approximate surface area is 104 Å². The number of benzene rings is 1. The molecule has 0 fully saturated rings. The van der Waals surface area contributed by atoms with E-state index in [0.717, 1.165) is 22.7 Å². The SMILES string of the molecule is Cc1[nH]c2ccccc2c1-c1cnc(CCl)[nH]1. The van der Waals surface area contributed by atoms with Gasteiger partial charge in [-0.1, -0.05) is 18.2 Å². The van der Waals surface area contributed by atoms with Crippen LogP contribution in [0.4, 0.5) is 0 Å². The Kier molecular flexibility index (Phi) is 2.41. The Morgan fingerprint density at radius 3 is 2.82 bits per heavy atom. The molecule has 0 saturated heterocycles. The first-order chi connectivity index (χ1) is 8.29. The highest BCUT2D eigenvalue weighted by Gasteiger charge is 2.12. The summed E-state index contributed by atoms with van der Waals surface area (Å²) in [6, 6.07) is 8.25. The number of fused-ring (bicyclic) bond motifs is 1. The fraction of sp³-hybridized carbons (Fsp3) is 0.154. The predicted octanol–water partition coefficient (Wildman–Crippen LogP) is 3.61. The quantitative estimate of drug-likeness (QED) is 0.666. The van der Waals surface area contributed by atoms with Gasteiger partial charge in [-0.25, -0.2) is 4.98 Å². The molecule has 3 nitrogen and oxygen atoms in total. The molecule has 2 heterocycles. The highest BCUT2D eigenvalue weighted by molar-refractivity contribution is 6.16. The third-order valence-electron chi connectivity index (χ3n) is 2.92. The van der Waals surface area contributed by atoms with Crippen molar-refractivity contribution in [2.45, 2.75) is 12.8 Å². The van der Waals surface area contributed by atoms with Gasteiger partial charge in [0.2, 0.25) is 0 Å². The molecule has 0 radical (unpaired) electrons. The van der Waals surface area contributed by atoms with E-state index in [1.165, 1.54) is 10.9 Å². The van der Waals surface area contributed by atoms with Gasteiger partial charge >= 0.3 is 0 Å². The van der Waals surface area contributed by atoms with Gasteiger partial charge in [0.25, 0.3) is 0 Å². The first-order valence-electron chi connectivity index (χ1n) is 5.47. The molecule has 0 aliphatic rings. The van der Waals surface area contributed by atoms with Gasteiger partial charge in [0.1, 0.15) is 5.82 Å². The molecule has 17 heavy (non-hydrogen) atoms. The summed E-state index contributed by atoms with van der Waals surface area (Å²) in [5, 5.41) is 1.20. The summed E-state index contributed by atoms with van der Waals surface area (Å²) in [5.41, 5.74) is 4.46. The molecule has 3 aromatic rings. The Morgan fingerprint density at radius 1 is 1.24 bits per heavy atom. The molecule has 0 spiro atoms. The van der Waals surface area contributed by atoms with Crippen LogP contribution in [0, 0.1) is 6.92 Å². The number of alkyl halides is 1. The molecule has 86 valence electrons. The average molecular weight is 246 g/mol. The van der Waals surface area contributed by atoms with E-state index in [4.69, 9.17) is 11.6 Å². The molecule has 4 heteroatoms. The lowest BCUT2D eigenvalue weighted by Crippen LogP contribution is -1.82. The van der Waals surface area contributed by atoms with Gasteiger partial charge in [-0.15, -0.1) is 11.6 Å². The first kappa shape index (κ1) is 10.4. The number of rotatable bonds is 2. The third kappa shape index (κ3) is 1.63. The van der Waals surface area contributed by atoms with Crippen LogP contribution in [0.3, 0.4) is 0 Å². The topological polar surface area (TPSA) is 44.5 Å². The maximum absolute atomic E-state index is 5.76. The van der Waals surface area contributed by atoms with Gasteiger partial charge in [0.05, 0.1) is 17.8 Å². The van der Waals surface area contributed by atoms with Crippen molar-refractivity contribution in [2.75, 3.05) is 0 Å². The molecule has 0 saturated carbocycles. The summed E-state index contributed by atoms with van der Waals surface area (Å²) in [7, 11) is 0. The molecular weight excluding hydrogens is 234 g/mol. The van der Waals surface area contributed by atoms with Crippen molar-refractivity contribution < 1.29 is 0 Å². The zero-order valence-electron chi connectivity index (χ0n) is 9.42. The zero-order chi connectivity index (χ0) is 11.8. The fourth-order valence-electron chi connectivity index (χ4n) is 2.18. The van der Waals surface area contributed by atoms with Crippen LogP contribution < -0.4 is 0 Å².